The molecule has 0 amide bonds. The SMILES string of the molecule is N#CCc1ccc(Oc2ccc(Cl)cc2C#N)cc1. The summed E-state index contributed by atoms with van der Waals surface area (Å²) in [6, 6.07) is 16.2. The average molecular weight is 269 g/mol. The molecule has 19 heavy (non-hydrogen) atoms. The summed E-state index contributed by atoms with van der Waals surface area (Å²) in [7, 11) is 0. The number of rotatable bonds is 3. The molecule has 92 valence electrons. The number of nitrogens with zero attached hydrogens (tertiary/aromatic N) is 2. The van der Waals surface area contributed by atoms with Gasteiger partial charge >= 0.3 is 0 Å². The number of ether oxygens (including phenoxy) is 1. The van der Waals surface area contributed by atoms with Crippen LogP contribution in [-0.2, 0) is 6.42 Å². The van der Waals surface area contributed by atoms with E-state index in [-0.39, 0.29) is 0 Å². The van der Waals surface area contributed by atoms with Crippen LogP contribution in [0.15, 0.2) is 42.5 Å². The van der Waals surface area contributed by atoms with E-state index < -0.39 is 0 Å². The van der Waals surface area contributed by atoms with Crippen molar-refractivity contribution in [3.05, 3.63) is 58.6 Å². The molecule has 0 aliphatic carbocycles. The molecule has 3 nitrogen and oxygen atoms in total. The molecule has 2 rings (SSSR count). The Kier molecular flexibility index (Phi) is 4.03. The number of hydrogen-bond donors (Lipinski definition) is 0. The lowest BCUT2D eigenvalue weighted by Gasteiger charge is -2.07. The summed E-state index contributed by atoms with van der Waals surface area (Å²) in [6.07, 6.45) is 0.366. The number of nitriles is 2. The molecule has 0 aromatic heterocycles. The van der Waals surface area contributed by atoms with Crippen molar-refractivity contribution in [3.8, 4) is 23.6 Å². The lowest BCUT2D eigenvalue weighted by atomic mass is 10.1. The molecule has 0 saturated heterocycles. The van der Waals surface area contributed by atoms with Gasteiger partial charge in [0.05, 0.1) is 18.1 Å². The average Bonchev–Trinajstić information content (AvgIpc) is 2.43. The molecule has 2 aromatic rings. The van der Waals surface area contributed by atoms with Crippen LogP contribution in [0.2, 0.25) is 5.02 Å². The van der Waals surface area contributed by atoms with Crippen molar-refractivity contribution in [2.75, 3.05) is 0 Å². The molecule has 0 saturated carbocycles. The molecule has 0 aliphatic heterocycles. The van der Waals surface area contributed by atoms with E-state index in [4.69, 9.17) is 26.9 Å². The monoisotopic (exact) mass is 268 g/mol. The van der Waals surface area contributed by atoms with E-state index in [1.165, 1.54) is 0 Å². The lowest BCUT2D eigenvalue weighted by molar-refractivity contribution is 0.481. The number of hydrogen-bond acceptors (Lipinski definition) is 3. The van der Waals surface area contributed by atoms with Gasteiger partial charge in [-0.15, -0.1) is 0 Å². The Morgan fingerprint density at radius 2 is 1.79 bits per heavy atom. The maximum absolute atomic E-state index is 9.01. The quantitative estimate of drug-likeness (QED) is 0.843. The van der Waals surface area contributed by atoms with Gasteiger partial charge in [0.2, 0.25) is 0 Å². The first kappa shape index (κ1) is 13.0. The second-order valence-corrected chi connectivity index (χ2v) is 4.27. The Morgan fingerprint density at radius 1 is 1.05 bits per heavy atom. The van der Waals surface area contributed by atoms with Gasteiger partial charge in [-0.05, 0) is 35.9 Å². The van der Waals surface area contributed by atoms with E-state index in [9.17, 15) is 0 Å². The lowest BCUT2D eigenvalue weighted by Crippen LogP contribution is -1.89. The Bertz CT molecular complexity index is 666. The van der Waals surface area contributed by atoms with Crippen molar-refractivity contribution in [1.29, 1.82) is 10.5 Å². The first-order chi connectivity index (χ1) is 9.22. The van der Waals surface area contributed by atoms with Crippen LogP contribution < -0.4 is 4.74 Å². The van der Waals surface area contributed by atoms with E-state index in [0.29, 0.717) is 28.5 Å². The molecule has 2 aromatic carbocycles. The standard InChI is InChI=1S/C15H9ClN2O/c16-13-3-6-15(12(9-13)10-18)19-14-4-1-11(2-5-14)7-8-17/h1-6,9H,7H2. The molecular formula is C15H9ClN2O. The first-order valence-corrected chi connectivity index (χ1v) is 5.94. The Labute approximate surface area is 116 Å². The summed E-state index contributed by atoms with van der Waals surface area (Å²) in [5, 5.41) is 18.1. The van der Waals surface area contributed by atoms with Crippen LogP contribution in [-0.4, -0.2) is 0 Å². The van der Waals surface area contributed by atoms with Crippen molar-refractivity contribution >= 4 is 11.6 Å². The summed E-state index contributed by atoms with van der Waals surface area (Å²) < 4.78 is 5.62. The fourth-order valence-electron chi connectivity index (χ4n) is 1.57. The van der Waals surface area contributed by atoms with E-state index in [1.54, 1.807) is 30.3 Å². The zero-order valence-electron chi connectivity index (χ0n) is 9.93. The summed E-state index contributed by atoms with van der Waals surface area (Å²) in [6.45, 7) is 0. The van der Waals surface area contributed by atoms with Gasteiger partial charge in [0.1, 0.15) is 17.6 Å². The third kappa shape index (κ3) is 3.25. The van der Waals surface area contributed by atoms with Gasteiger partial charge in [-0.1, -0.05) is 23.7 Å². The van der Waals surface area contributed by atoms with E-state index >= 15 is 0 Å². The van der Waals surface area contributed by atoms with Crippen molar-refractivity contribution < 1.29 is 4.74 Å². The third-order valence-electron chi connectivity index (χ3n) is 2.50. The highest BCUT2D eigenvalue weighted by atomic mass is 35.5. The van der Waals surface area contributed by atoms with Crippen LogP contribution in [0.25, 0.3) is 0 Å². The predicted octanol–water partition coefficient (Wildman–Crippen LogP) is 4.07. The maximum Gasteiger partial charge on any atom is 0.145 e. The smallest absolute Gasteiger partial charge is 0.145 e. The zero-order valence-corrected chi connectivity index (χ0v) is 10.7. The van der Waals surface area contributed by atoms with E-state index in [0.717, 1.165) is 5.56 Å². The highest BCUT2D eigenvalue weighted by Gasteiger charge is 2.05. The Hall–Kier alpha value is -2.49. The predicted molar refractivity (Wildman–Crippen MR) is 72.0 cm³/mol. The van der Waals surface area contributed by atoms with E-state index in [1.807, 2.05) is 18.2 Å². The van der Waals surface area contributed by atoms with Crippen LogP contribution in [0.1, 0.15) is 11.1 Å². The van der Waals surface area contributed by atoms with Crippen molar-refractivity contribution in [1.82, 2.24) is 0 Å². The van der Waals surface area contributed by atoms with Crippen molar-refractivity contribution in [2.24, 2.45) is 0 Å². The van der Waals surface area contributed by atoms with Crippen LogP contribution in [0.5, 0.6) is 11.5 Å². The molecule has 0 atom stereocenters. The molecule has 0 radical (unpaired) electrons. The maximum atomic E-state index is 9.01. The molecule has 0 fully saturated rings. The largest absolute Gasteiger partial charge is 0.456 e. The van der Waals surface area contributed by atoms with E-state index in [2.05, 4.69) is 6.07 Å². The summed E-state index contributed by atoms with van der Waals surface area (Å²) in [5.74, 6) is 1.07. The van der Waals surface area contributed by atoms with Crippen molar-refractivity contribution in [2.45, 2.75) is 6.42 Å². The molecular weight excluding hydrogens is 260 g/mol. The Balaban J connectivity index is 2.22. The first-order valence-electron chi connectivity index (χ1n) is 5.56. The highest BCUT2D eigenvalue weighted by molar-refractivity contribution is 6.30. The van der Waals surface area contributed by atoms with Gasteiger partial charge in [0.15, 0.2) is 0 Å². The molecule has 0 bridgehead atoms. The van der Waals surface area contributed by atoms with Gasteiger partial charge in [-0.25, -0.2) is 0 Å². The summed E-state index contributed by atoms with van der Waals surface area (Å²) in [5.41, 5.74) is 1.31. The summed E-state index contributed by atoms with van der Waals surface area (Å²) >= 11 is 5.82. The highest BCUT2D eigenvalue weighted by Crippen LogP contribution is 2.27. The Morgan fingerprint density at radius 3 is 2.42 bits per heavy atom. The van der Waals surface area contributed by atoms with Crippen LogP contribution in [0, 0.1) is 22.7 Å². The van der Waals surface area contributed by atoms with Crippen molar-refractivity contribution in [3.63, 3.8) is 0 Å². The minimum Gasteiger partial charge on any atom is -0.456 e. The second-order valence-electron chi connectivity index (χ2n) is 3.83. The zero-order chi connectivity index (χ0) is 13.7. The fraction of sp³-hybridized carbons (Fsp3) is 0.0667. The minimum absolute atomic E-state index is 0.366. The topological polar surface area (TPSA) is 56.8 Å². The van der Waals surface area contributed by atoms with Gasteiger partial charge in [-0.3, -0.25) is 0 Å². The van der Waals surface area contributed by atoms with Gasteiger partial charge in [0, 0.05) is 5.02 Å². The molecule has 4 heteroatoms. The number of halogens is 1. The molecule has 0 unspecified atom stereocenters. The normalized spacial score (nSPS) is 9.42. The fourth-order valence-corrected chi connectivity index (χ4v) is 1.74. The van der Waals surface area contributed by atoms with Gasteiger partial charge < -0.3 is 4.74 Å². The third-order valence-corrected chi connectivity index (χ3v) is 2.73. The van der Waals surface area contributed by atoms with Gasteiger partial charge in [-0.2, -0.15) is 10.5 Å². The summed E-state index contributed by atoms with van der Waals surface area (Å²) in [4.78, 5) is 0. The van der Waals surface area contributed by atoms with Crippen LogP contribution in [0.3, 0.4) is 0 Å². The molecule has 0 N–H and O–H groups in total. The van der Waals surface area contributed by atoms with Gasteiger partial charge in [0.25, 0.3) is 0 Å². The second kappa shape index (κ2) is 5.91. The molecule has 0 spiro atoms. The number of benzene rings is 2. The minimum atomic E-state index is 0.366. The molecule has 0 aliphatic rings. The molecule has 0 heterocycles. The van der Waals surface area contributed by atoms with Crippen LogP contribution >= 0.6 is 11.6 Å². The van der Waals surface area contributed by atoms with Crippen LogP contribution in [0.4, 0.5) is 0 Å².